The summed E-state index contributed by atoms with van der Waals surface area (Å²) in [6.07, 6.45) is 0. The van der Waals surface area contributed by atoms with Crippen LogP contribution in [0.5, 0.6) is 0 Å². The van der Waals surface area contributed by atoms with Crippen LogP contribution in [-0.2, 0) is 6.54 Å². The van der Waals surface area contributed by atoms with E-state index in [-0.39, 0.29) is 6.61 Å². The van der Waals surface area contributed by atoms with Crippen LogP contribution in [0.3, 0.4) is 0 Å². The lowest BCUT2D eigenvalue weighted by Gasteiger charge is -2.23. The van der Waals surface area contributed by atoms with E-state index < -0.39 is 0 Å². The number of aliphatic hydroxyl groups is 1. The van der Waals surface area contributed by atoms with Gasteiger partial charge in [0, 0.05) is 12.6 Å². The van der Waals surface area contributed by atoms with Crippen LogP contribution < -0.4 is 0 Å². The van der Waals surface area contributed by atoms with Crippen molar-refractivity contribution in [3.63, 3.8) is 0 Å². The van der Waals surface area contributed by atoms with Crippen molar-refractivity contribution >= 4 is 11.1 Å². The third-order valence-electron chi connectivity index (χ3n) is 2.79. The zero-order chi connectivity index (χ0) is 12.3. The lowest BCUT2D eigenvalue weighted by atomic mass is 10.3. The van der Waals surface area contributed by atoms with Crippen LogP contribution in [0.15, 0.2) is 28.7 Å². The van der Waals surface area contributed by atoms with Gasteiger partial charge in [0.2, 0.25) is 5.89 Å². The molecule has 1 aromatic heterocycles. The molecule has 0 spiro atoms. The third-order valence-corrected chi connectivity index (χ3v) is 2.79. The van der Waals surface area contributed by atoms with Crippen molar-refractivity contribution < 1.29 is 9.52 Å². The highest BCUT2D eigenvalue weighted by atomic mass is 16.3. The highest BCUT2D eigenvalue weighted by Crippen LogP contribution is 2.16. The Morgan fingerprint density at radius 2 is 2.12 bits per heavy atom. The fourth-order valence-corrected chi connectivity index (χ4v) is 1.81. The molecule has 0 aliphatic heterocycles. The van der Waals surface area contributed by atoms with E-state index in [4.69, 9.17) is 9.52 Å². The van der Waals surface area contributed by atoms with Crippen LogP contribution in [0.2, 0.25) is 0 Å². The molecular weight excluding hydrogens is 216 g/mol. The zero-order valence-electron chi connectivity index (χ0n) is 10.3. The molecule has 4 heteroatoms. The normalized spacial score (nSPS) is 11.8. The maximum Gasteiger partial charge on any atom is 0.209 e. The number of nitrogens with zero attached hydrogens (tertiary/aromatic N) is 2. The molecular formula is C13H18N2O2. The highest BCUT2D eigenvalue weighted by molar-refractivity contribution is 5.72. The van der Waals surface area contributed by atoms with Crippen LogP contribution in [0.25, 0.3) is 11.1 Å². The van der Waals surface area contributed by atoms with Crippen molar-refractivity contribution in [3.05, 3.63) is 30.2 Å². The predicted molar refractivity (Wildman–Crippen MR) is 66.6 cm³/mol. The Morgan fingerprint density at radius 3 is 2.76 bits per heavy atom. The van der Waals surface area contributed by atoms with Crippen LogP contribution in [0.1, 0.15) is 19.7 Å². The minimum Gasteiger partial charge on any atom is -0.439 e. The highest BCUT2D eigenvalue weighted by Gasteiger charge is 2.13. The average molecular weight is 234 g/mol. The molecule has 0 aliphatic rings. The van der Waals surface area contributed by atoms with Crippen molar-refractivity contribution in [2.45, 2.75) is 26.4 Å². The summed E-state index contributed by atoms with van der Waals surface area (Å²) in [5.41, 5.74) is 1.70. The molecule has 2 rings (SSSR count). The lowest BCUT2D eigenvalue weighted by molar-refractivity contribution is 0.149. The molecule has 0 radical (unpaired) electrons. The fraction of sp³-hybridized carbons (Fsp3) is 0.462. The van der Waals surface area contributed by atoms with E-state index in [9.17, 15) is 0 Å². The Balaban J connectivity index is 2.16. The van der Waals surface area contributed by atoms with Crippen LogP contribution in [0.4, 0.5) is 0 Å². The van der Waals surface area contributed by atoms with Crippen molar-refractivity contribution in [2.75, 3.05) is 13.2 Å². The molecule has 1 heterocycles. The van der Waals surface area contributed by atoms with E-state index in [1.54, 1.807) is 0 Å². The monoisotopic (exact) mass is 234 g/mol. The first-order chi connectivity index (χ1) is 8.20. The van der Waals surface area contributed by atoms with Gasteiger partial charge in [0.15, 0.2) is 5.58 Å². The molecule has 4 nitrogen and oxygen atoms in total. The molecule has 0 saturated heterocycles. The number of benzene rings is 1. The summed E-state index contributed by atoms with van der Waals surface area (Å²) < 4.78 is 5.66. The van der Waals surface area contributed by atoms with Gasteiger partial charge in [0.05, 0.1) is 13.2 Å². The van der Waals surface area contributed by atoms with E-state index in [0.717, 1.165) is 11.1 Å². The van der Waals surface area contributed by atoms with Crippen molar-refractivity contribution in [3.8, 4) is 0 Å². The number of aliphatic hydroxyl groups excluding tert-OH is 1. The number of rotatable bonds is 5. The van der Waals surface area contributed by atoms with Gasteiger partial charge in [-0.05, 0) is 26.0 Å². The topological polar surface area (TPSA) is 49.5 Å². The van der Waals surface area contributed by atoms with E-state index >= 15 is 0 Å². The maximum absolute atomic E-state index is 9.01. The number of oxazole rings is 1. The summed E-state index contributed by atoms with van der Waals surface area (Å²) in [4.78, 5) is 6.56. The molecule has 92 valence electrons. The van der Waals surface area contributed by atoms with Gasteiger partial charge in [-0.2, -0.15) is 0 Å². The van der Waals surface area contributed by atoms with Gasteiger partial charge in [-0.15, -0.1) is 0 Å². The molecule has 0 saturated carbocycles. The largest absolute Gasteiger partial charge is 0.439 e. The maximum atomic E-state index is 9.01. The zero-order valence-corrected chi connectivity index (χ0v) is 10.3. The lowest BCUT2D eigenvalue weighted by Crippen LogP contribution is -2.32. The Labute approximate surface area is 101 Å². The minimum atomic E-state index is 0.151. The SMILES string of the molecule is CC(C)N(CCO)Cc1nc2ccccc2o1. The summed E-state index contributed by atoms with van der Waals surface area (Å²) in [5.74, 6) is 0.702. The Bertz CT molecular complexity index is 446. The van der Waals surface area contributed by atoms with Gasteiger partial charge < -0.3 is 9.52 Å². The molecule has 17 heavy (non-hydrogen) atoms. The number of hydrogen-bond acceptors (Lipinski definition) is 4. The van der Waals surface area contributed by atoms with Gasteiger partial charge in [-0.1, -0.05) is 12.1 Å². The Hall–Kier alpha value is -1.39. The third kappa shape index (κ3) is 2.84. The number of fused-ring (bicyclic) bond motifs is 1. The smallest absolute Gasteiger partial charge is 0.209 e. The summed E-state index contributed by atoms with van der Waals surface area (Å²) in [6.45, 7) is 5.61. The van der Waals surface area contributed by atoms with E-state index in [2.05, 4.69) is 23.7 Å². The summed E-state index contributed by atoms with van der Waals surface area (Å²) in [5, 5.41) is 9.01. The van der Waals surface area contributed by atoms with Gasteiger partial charge in [0.25, 0.3) is 0 Å². The second-order valence-corrected chi connectivity index (χ2v) is 4.36. The second-order valence-electron chi connectivity index (χ2n) is 4.36. The van der Waals surface area contributed by atoms with E-state index in [1.165, 1.54) is 0 Å². The first-order valence-electron chi connectivity index (χ1n) is 5.90. The van der Waals surface area contributed by atoms with Crippen molar-refractivity contribution in [1.82, 2.24) is 9.88 Å². The molecule has 0 bridgehead atoms. The molecule has 0 unspecified atom stereocenters. The first-order valence-corrected chi connectivity index (χ1v) is 5.90. The molecule has 1 aromatic carbocycles. The average Bonchev–Trinajstić information content (AvgIpc) is 2.70. The molecule has 1 N–H and O–H groups in total. The quantitative estimate of drug-likeness (QED) is 0.860. The molecule has 0 atom stereocenters. The second kappa shape index (κ2) is 5.29. The first kappa shape index (κ1) is 12.1. The molecule has 2 aromatic rings. The fourth-order valence-electron chi connectivity index (χ4n) is 1.81. The standard InChI is InChI=1S/C13H18N2O2/c1-10(2)15(7-8-16)9-13-14-11-5-3-4-6-12(11)17-13/h3-6,10,16H,7-9H2,1-2H3. The van der Waals surface area contributed by atoms with Gasteiger partial charge in [-0.25, -0.2) is 4.98 Å². The Morgan fingerprint density at radius 1 is 1.35 bits per heavy atom. The van der Waals surface area contributed by atoms with Crippen molar-refractivity contribution in [1.29, 1.82) is 0 Å². The number of aromatic nitrogens is 1. The van der Waals surface area contributed by atoms with E-state index in [0.29, 0.717) is 25.0 Å². The number of hydrogen-bond donors (Lipinski definition) is 1. The summed E-state index contributed by atoms with van der Waals surface area (Å²) in [6, 6.07) is 8.09. The van der Waals surface area contributed by atoms with Crippen molar-refractivity contribution in [2.24, 2.45) is 0 Å². The van der Waals surface area contributed by atoms with Gasteiger partial charge >= 0.3 is 0 Å². The minimum absolute atomic E-state index is 0.151. The van der Waals surface area contributed by atoms with Crippen LogP contribution in [0, 0.1) is 0 Å². The van der Waals surface area contributed by atoms with Gasteiger partial charge in [-0.3, -0.25) is 4.90 Å². The summed E-state index contributed by atoms with van der Waals surface area (Å²) in [7, 11) is 0. The summed E-state index contributed by atoms with van der Waals surface area (Å²) >= 11 is 0. The van der Waals surface area contributed by atoms with Crippen LogP contribution >= 0.6 is 0 Å². The van der Waals surface area contributed by atoms with Crippen LogP contribution in [-0.4, -0.2) is 34.2 Å². The Kier molecular flexibility index (Phi) is 3.76. The molecule has 0 aliphatic carbocycles. The predicted octanol–water partition coefficient (Wildman–Crippen LogP) is 2.03. The molecule has 0 amide bonds. The van der Waals surface area contributed by atoms with E-state index in [1.807, 2.05) is 24.3 Å². The van der Waals surface area contributed by atoms with Gasteiger partial charge in [0.1, 0.15) is 5.52 Å². The molecule has 0 fully saturated rings. The number of para-hydroxylation sites is 2.